The third-order valence-corrected chi connectivity index (χ3v) is 4.32. The summed E-state index contributed by atoms with van der Waals surface area (Å²) in [6.45, 7) is 9.23. The maximum Gasteiger partial charge on any atom is 0.251 e. The maximum absolute atomic E-state index is 12.9. The molecule has 1 aromatic carbocycles. The van der Waals surface area contributed by atoms with Gasteiger partial charge in [-0.2, -0.15) is 0 Å². The average Bonchev–Trinajstić information content (AvgIpc) is 2.55. The molecule has 0 aliphatic heterocycles. The van der Waals surface area contributed by atoms with Gasteiger partial charge in [-0.15, -0.1) is 0 Å². The fourth-order valence-electron chi connectivity index (χ4n) is 2.50. The second-order valence-electron chi connectivity index (χ2n) is 6.64. The van der Waals surface area contributed by atoms with Crippen LogP contribution < -0.4 is 16.0 Å². The Morgan fingerprint density at radius 2 is 1.84 bits per heavy atom. The van der Waals surface area contributed by atoms with E-state index in [1.165, 1.54) is 24.3 Å². The molecule has 3 N–H and O–H groups in total. The van der Waals surface area contributed by atoms with Crippen molar-refractivity contribution in [2.45, 2.75) is 58.5 Å². The molecule has 1 aromatic rings. The van der Waals surface area contributed by atoms with Crippen LogP contribution in [0.25, 0.3) is 0 Å². The fourth-order valence-corrected chi connectivity index (χ4v) is 2.50. The Kier molecular flexibility index (Phi) is 8.55. The average molecular weight is 351 g/mol. The molecule has 6 heteroatoms. The summed E-state index contributed by atoms with van der Waals surface area (Å²) in [6.07, 6.45) is 1.99. The Hall–Kier alpha value is -1.95. The lowest BCUT2D eigenvalue weighted by Gasteiger charge is -2.30. The van der Waals surface area contributed by atoms with Crippen LogP contribution in [-0.4, -0.2) is 36.5 Å². The highest BCUT2D eigenvalue weighted by Gasteiger charge is 2.24. The minimum atomic E-state index is -0.361. The first-order valence-corrected chi connectivity index (χ1v) is 8.87. The topological polar surface area (TPSA) is 70.2 Å². The number of nitrogens with one attached hydrogen (secondary N) is 3. The van der Waals surface area contributed by atoms with Crippen molar-refractivity contribution in [3.05, 3.63) is 35.6 Å². The van der Waals surface area contributed by atoms with E-state index in [0.29, 0.717) is 25.1 Å². The maximum atomic E-state index is 12.9. The van der Waals surface area contributed by atoms with Crippen molar-refractivity contribution in [3.8, 4) is 0 Å². The molecule has 1 rings (SSSR count). The minimum absolute atomic E-state index is 0.0318. The number of rotatable bonds is 10. The number of carbonyl (C=O) groups excluding carboxylic acids is 2. The molecule has 2 atom stereocenters. The lowest BCUT2D eigenvalue weighted by atomic mass is 9.93. The summed E-state index contributed by atoms with van der Waals surface area (Å²) in [5.74, 6) is -0.537. The van der Waals surface area contributed by atoms with Crippen molar-refractivity contribution < 1.29 is 14.0 Å². The predicted octanol–water partition coefficient (Wildman–Crippen LogP) is 2.62. The van der Waals surface area contributed by atoms with Crippen LogP contribution in [0.5, 0.6) is 0 Å². The van der Waals surface area contributed by atoms with Crippen molar-refractivity contribution >= 4 is 11.8 Å². The van der Waals surface area contributed by atoms with Crippen LogP contribution in [0.15, 0.2) is 24.3 Å². The van der Waals surface area contributed by atoms with Crippen molar-refractivity contribution in [1.82, 2.24) is 16.0 Å². The number of amides is 2. The Balaban J connectivity index is 2.41. The van der Waals surface area contributed by atoms with E-state index in [-0.39, 0.29) is 29.2 Å². The van der Waals surface area contributed by atoms with E-state index in [2.05, 4.69) is 16.0 Å². The van der Waals surface area contributed by atoms with Gasteiger partial charge in [-0.1, -0.05) is 6.92 Å². The first kappa shape index (κ1) is 21.1. The third kappa shape index (κ3) is 7.65. The van der Waals surface area contributed by atoms with Gasteiger partial charge in [-0.25, -0.2) is 4.39 Å². The van der Waals surface area contributed by atoms with Gasteiger partial charge in [0.05, 0.1) is 0 Å². The standard InChI is InChI=1S/C19H30FN3O2/c1-5-19(4,13-17(24)21-6-2)22-12-11-14(3)23-18(25)15-7-9-16(20)10-8-15/h7-10,14,22H,5-6,11-13H2,1-4H3,(H,21,24)(H,23,25). The summed E-state index contributed by atoms with van der Waals surface area (Å²) < 4.78 is 12.9. The first-order chi connectivity index (χ1) is 11.8. The van der Waals surface area contributed by atoms with Crippen molar-refractivity contribution in [2.24, 2.45) is 0 Å². The zero-order valence-corrected chi connectivity index (χ0v) is 15.6. The van der Waals surface area contributed by atoms with Crippen LogP contribution in [0.4, 0.5) is 4.39 Å². The zero-order valence-electron chi connectivity index (χ0n) is 15.6. The SMILES string of the molecule is CCNC(=O)CC(C)(CC)NCCC(C)NC(=O)c1ccc(F)cc1. The summed E-state index contributed by atoms with van der Waals surface area (Å²) in [4.78, 5) is 23.9. The summed E-state index contributed by atoms with van der Waals surface area (Å²) >= 11 is 0. The molecule has 0 aliphatic rings. The summed E-state index contributed by atoms with van der Waals surface area (Å²) in [7, 11) is 0. The molecular formula is C19H30FN3O2. The molecule has 2 unspecified atom stereocenters. The molecule has 2 amide bonds. The third-order valence-electron chi connectivity index (χ3n) is 4.32. The Labute approximate surface area is 149 Å². The van der Waals surface area contributed by atoms with Gasteiger partial charge in [-0.05, 0) is 64.4 Å². The molecule has 0 aliphatic carbocycles. The number of hydrogen-bond acceptors (Lipinski definition) is 3. The van der Waals surface area contributed by atoms with E-state index < -0.39 is 0 Å². The van der Waals surface area contributed by atoms with Gasteiger partial charge < -0.3 is 16.0 Å². The predicted molar refractivity (Wildman–Crippen MR) is 97.9 cm³/mol. The molecular weight excluding hydrogens is 321 g/mol. The summed E-state index contributed by atoms with van der Waals surface area (Å²) in [5, 5.41) is 9.15. The first-order valence-electron chi connectivity index (χ1n) is 8.87. The van der Waals surface area contributed by atoms with Gasteiger partial charge in [0.25, 0.3) is 5.91 Å². The normalized spacial score (nSPS) is 14.4. The smallest absolute Gasteiger partial charge is 0.251 e. The molecule has 5 nitrogen and oxygen atoms in total. The van der Waals surface area contributed by atoms with Gasteiger partial charge in [0.15, 0.2) is 0 Å². The van der Waals surface area contributed by atoms with E-state index in [9.17, 15) is 14.0 Å². The van der Waals surface area contributed by atoms with Crippen molar-refractivity contribution in [3.63, 3.8) is 0 Å². The highest BCUT2D eigenvalue weighted by Crippen LogP contribution is 2.14. The fraction of sp³-hybridized carbons (Fsp3) is 0.579. The van der Waals surface area contributed by atoms with E-state index in [4.69, 9.17) is 0 Å². The summed E-state index contributed by atoms with van der Waals surface area (Å²) in [6, 6.07) is 5.45. The molecule has 0 aromatic heterocycles. The largest absolute Gasteiger partial charge is 0.356 e. The van der Waals surface area contributed by atoms with E-state index in [0.717, 1.165) is 12.8 Å². The number of benzene rings is 1. The van der Waals surface area contributed by atoms with Crippen molar-refractivity contribution in [1.29, 1.82) is 0 Å². The Bertz CT molecular complexity index is 562. The molecule has 0 heterocycles. The minimum Gasteiger partial charge on any atom is -0.356 e. The highest BCUT2D eigenvalue weighted by atomic mass is 19.1. The van der Waals surface area contributed by atoms with Crippen LogP contribution in [0.3, 0.4) is 0 Å². The van der Waals surface area contributed by atoms with Crippen molar-refractivity contribution in [2.75, 3.05) is 13.1 Å². The molecule has 0 saturated carbocycles. The Morgan fingerprint density at radius 3 is 2.40 bits per heavy atom. The monoisotopic (exact) mass is 351 g/mol. The lowest BCUT2D eigenvalue weighted by molar-refractivity contribution is -0.122. The zero-order chi connectivity index (χ0) is 18.9. The van der Waals surface area contributed by atoms with Crippen LogP contribution in [0, 0.1) is 5.82 Å². The van der Waals surface area contributed by atoms with Gasteiger partial charge in [0, 0.05) is 30.1 Å². The molecule has 0 bridgehead atoms. The van der Waals surface area contributed by atoms with E-state index >= 15 is 0 Å². The number of carbonyl (C=O) groups is 2. The van der Waals surface area contributed by atoms with Gasteiger partial charge >= 0.3 is 0 Å². The second kappa shape index (κ2) is 10.1. The van der Waals surface area contributed by atoms with Gasteiger partial charge in [0.1, 0.15) is 5.82 Å². The molecule has 0 radical (unpaired) electrons. The lowest BCUT2D eigenvalue weighted by Crippen LogP contribution is -2.47. The van der Waals surface area contributed by atoms with Crippen LogP contribution in [-0.2, 0) is 4.79 Å². The van der Waals surface area contributed by atoms with Gasteiger partial charge in [0.2, 0.25) is 5.91 Å². The van der Waals surface area contributed by atoms with Crippen LogP contribution in [0.2, 0.25) is 0 Å². The molecule has 25 heavy (non-hydrogen) atoms. The number of halogens is 1. The molecule has 0 spiro atoms. The summed E-state index contributed by atoms with van der Waals surface area (Å²) in [5.41, 5.74) is 0.177. The second-order valence-corrected chi connectivity index (χ2v) is 6.64. The number of hydrogen-bond donors (Lipinski definition) is 3. The molecule has 0 saturated heterocycles. The van der Waals surface area contributed by atoms with Crippen LogP contribution in [0.1, 0.15) is 57.3 Å². The van der Waals surface area contributed by atoms with E-state index in [1.54, 1.807) is 0 Å². The van der Waals surface area contributed by atoms with Crippen LogP contribution >= 0.6 is 0 Å². The van der Waals surface area contributed by atoms with Gasteiger partial charge in [-0.3, -0.25) is 9.59 Å². The highest BCUT2D eigenvalue weighted by molar-refractivity contribution is 5.94. The molecule has 140 valence electrons. The van der Waals surface area contributed by atoms with E-state index in [1.807, 2.05) is 27.7 Å². The quantitative estimate of drug-likeness (QED) is 0.607. The Morgan fingerprint density at radius 1 is 1.20 bits per heavy atom. The molecule has 0 fully saturated rings.